The average molecular weight is 334 g/mol. The van der Waals surface area contributed by atoms with Crippen molar-refractivity contribution in [2.45, 2.75) is 45.2 Å². The lowest BCUT2D eigenvalue weighted by molar-refractivity contribution is 0.0292. The van der Waals surface area contributed by atoms with Crippen LogP contribution in [0.25, 0.3) is 16.6 Å². The van der Waals surface area contributed by atoms with E-state index in [0.29, 0.717) is 6.04 Å². The van der Waals surface area contributed by atoms with Crippen LogP contribution in [0.4, 0.5) is 0 Å². The Morgan fingerprint density at radius 3 is 2.60 bits per heavy atom. The number of aryl methyl sites for hydroxylation is 1. The highest BCUT2D eigenvalue weighted by molar-refractivity contribution is 5.93. The molecule has 3 saturated heterocycles. The van der Waals surface area contributed by atoms with Gasteiger partial charge in [0.25, 0.3) is 0 Å². The summed E-state index contributed by atoms with van der Waals surface area (Å²) in [5, 5.41) is 6.04. The van der Waals surface area contributed by atoms with Crippen molar-refractivity contribution in [3.05, 3.63) is 35.0 Å². The maximum atomic E-state index is 4.73. The first kappa shape index (κ1) is 14.4. The Hall–Kier alpha value is -1.81. The third-order valence-corrected chi connectivity index (χ3v) is 6.83. The third kappa shape index (κ3) is 2.13. The van der Waals surface area contributed by atoms with E-state index in [-0.39, 0.29) is 0 Å². The van der Waals surface area contributed by atoms with E-state index in [1.54, 1.807) is 11.3 Å². The van der Waals surface area contributed by atoms with Crippen LogP contribution in [0.15, 0.2) is 23.9 Å². The molecule has 5 heterocycles. The van der Waals surface area contributed by atoms with Gasteiger partial charge >= 0.3 is 0 Å². The Morgan fingerprint density at radius 2 is 1.88 bits per heavy atom. The Morgan fingerprint density at radius 1 is 1.04 bits per heavy atom. The fourth-order valence-corrected chi connectivity index (χ4v) is 5.51. The van der Waals surface area contributed by atoms with Gasteiger partial charge in [0.1, 0.15) is 0 Å². The van der Waals surface area contributed by atoms with Crippen LogP contribution < -0.4 is 0 Å². The van der Waals surface area contributed by atoms with E-state index in [0.717, 1.165) is 19.0 Å². The molecule has 0 N–H and O–H groups in total. The molecular formula is C21H26N4. The highest BCUT2D eigenvalue weighted by Gasteiger charge is 2.40. The summed E-state index contributed by atoms with van der Waals surface area (Å²) in [7, 11) is 0. The van der Waals surface area contributed by atoms with Gasteiger partial charge in [-0.05, 0) is 74.9 Å². The van der Waals surface area contributed by atoms with Crippen molar-refractivity contribution in [3.63, 3.8) is 0 Å². The lowest BCUT2D eigenvalue weighted by atomic mass is 9.82. The van der Waals surface area contributed by atoms with E-state index in [1.807, 2.05) is 0 Å². The van der Waals surface area contributed by atoms with Gasteiger partial charge in [0.05, 0.1) is 18.3 Å². The molecule has 1 unspecified atom stereocenters. The van der Waals surface area contributed by atoms with Gasteiger partial charge in [-0.3, -0.25) is 4.68 Å². The number of rotatable bonds is 1. The predicted octanol–water partition coefficient (Wildman–Crippen LogP) is 3.26. The van der Waals surface area contributed by atoms with Gasteiger partial charge in [-0.2, -0.15) is 5.10 Å². The molecule has 0 spiro atoms. The minimum absolute atomic E-state index is 0.700. The maximum absolute atomic E-state index is 4.73. The minimum atomic E-state index is 0.700. The fraction of sp³-hybridized carbons (Fsp3) is 0.571. The molecule has 0 radical (unpaired) electrons. The van der Waals surface area contributed by atoms with Gasteiger partial charge in [-0.25, -0.2) is 0 Å². The predicted molar refractivity (Wildman–Crippen MR) is 100 cm³/mol. The molecule has 1 saturated carbocycles. The molecule has 25 heavy (non-hydrogen) atoms. The summed E-state index contributed by atoms with van der Waals surface area (Å²) in [6, 6.07) is 5.41. The van der Waals surface area contributed by atoms with Crippen LogP contribution in [0.3, 0.4) is 0 Å². The standard InChI is InChI=1S/C21H26N4/c1-14-10-17-12-22-25-9-8-24(19-13-23-6-4-15(19)5-7-23)20(16-2-3-16)18(11-14)21(17)25/h10-12,15,19H,2-9,13H2,1H3. The van der Waals surface area contributed by atoms with Crippen LogP contribution in [0, 0.1) is 12.8 Å². The van der Waals surface area contributed by atoms with Crippen molar-refractivity contribution in [3.8, 4) is 0 Å². The van der Waals surface area contributed by atoms with E-state index in [9.17, 15) is 0 Å². The van der Waals surface area contributed by atoms with E-state index in [2.05, 4.69) is 39.7 Å². The van der Waals surface area contributed by atoms with Crippen molar-refractivity contribution in [1.82, 2.24) is 19.6 Å². The number of nitrogens with zero attached hydrogens (tertiary/aromatic N) is 4. The topological polar surface area (TPSA) is 24.3 Å². The second kappa shape index (κ2) is 5.10. The molecule has 1 atom stereocenters. The molecule has 130 valence electrons. The molecule has 4 heteroatoms. The highest BCUT2D eigenvalue weighted by Crippen LogP contribution is 2.45. The number of benzene rings is 1. The molecule has 1 aliphatic carbocycles. The van der Waals surface area contributed by atoms with Crippen LogP contribution in [-0.4, -0.2) is 51.8 Å². The van der Waals surface area contributed by atoms with Crippen LogP contribution in [0.5, 0.6) is 0 Å². The van der Waals surface area contributed by atoms with E-state index in [4.69, 9.17) is 5.10 Å². The first-order valence-corrected chi connectivity index (χ1v) is 9.95. The molecule has 7 rings (SSSR count). The number of allylic oxidation sites excluding steroid dienone is 1. The number of fused-ring (bicyclic) bond motifs is 3. The SMILES string of the molecule is Cc1cc2c3c(cnn3CCN(C3CN4CCC3CC4)C2=C2CC2)c1. The smallest absolute Gasteiger partial charge is 0.0776 e. The van der Waals surface area contributed by atoms with Crippen LogP contribution >= 0.6 is 0 Å². The zero-order valence-corrected chi connectivity index (χ0v) is 15.0. The highest BCUT2D eigenvalue weighted by atomic mass is 15.3. The molecule has 2 bridgehead atoms. The van der Waals surface area contributed by atoms with Gasteiger partial charge in [-0.15, -0.1) is 0 Å². The summed E-state index contributed by atoms with van der Waals surface area (Å²) in [6.45, 7) is 8.25. The summed E-state index contributed by atoms with van der Waals surface area (Å²) in [4.78, 5) is 5.50. The number of hydrogen-bond donors (Lipinski definition) is 0. The quantitative estimate of drug-likeness (QED) is 0.800. The number of hydrogen-bond acceptors (Lipinski definition) is 3. The molecule has 1 aromatic heterocycles. The van der Waals surface area contributed by atoms with Crippen LogP contribution in [-0.2, 0) is 6.54 Å². The van der Waals surface area contributed by atoms with Gasteiger partial charge in [0.2, 0.25) is 0 Å². The zero-order valence-electron chi connectivity index (χ0n) is 15.0. The molecule has 4 aliphatic heterocycles. The first-order valence-electron chi connectivity index (χ1n) is 9.95. The lowest BCUT2D eigenvalue weighted by Crippen LogP contribution is -2.57. The van der Waals surface area contributed by atoms with Crippen molar-refractivity contribution in [2.24, 2.45) is 5.92 Å². The Kier molecular flexibility index (Phi) is 2.93. The normalized spacial score (nSPS) is 30.9. The van der Waals surface area contributed by atoms with Crippen molar-refractivity contribution < 1.29 is 0 Å². The third-order valence-electron chi connectivity index (χ3n) is 6.83. The van der Waals surface area contributed by atoms with Gasteiger partial charge in [-0.1, -0.05) is 0 Å². The number of piperidine rings is 3. The molecule has 1 aromatic carbocycles. The van der Waals surface area contributed by atoms with Crippen molar-refractivity contribution in [2.75, 3.05) is 26.2 Å². The molecule has 5 aliphatic rings. The van der Waals surface area contributed by atoms with Crippen LogP contribution in [0.2, 0.25) is 0 Å². The van der Waals surface area contributed by atoms with Crippen molar-refractivity contribution in [1.29, 1.82) is 0 Å². The monoisotopic (exact) mass is 334 g/mol. The van der Waals surface area contributed by atoms with Gasteiger partial charge < -0.3 is 9.80 Å². The fourth-order valence-electron chi connectivity index (χ4n) is 5.51. The second-order valence-electron chi connectivity index (χ2n) is 8.47. The number of aromatic nitrogens is 2. The summed E-state index contributed by atoms with van der Waals surface area (Å²) >= 11 is 0. The van der Waals surface area contributed by atoms with Crippen LogP contribution in [0.1, 0.15) is 36.8 Å². The summed E-state index contributed by atoms with van der Waals surface area (Å²) < 4.78 is 2.26. The van der Waals surface area contributed by atoms with Gasteiger partial charge in [0, 0.05) is 35.8 Å². The Balaban J connectivity index is 1.52. The zero-order chi connectivity index (χ0) is 16.5. The average Bonchev–Trinajstić information content (AvgIpc) is 3.40. The first-order chi connectivity index (χ1) is 12.3. The molecule has 4 nitrogen and oxygen atoms in total. The largest absolute Gasteiger partial charge is 0.365 e. The second-order valence-corrected chi connectivity index (χ2v) is 8.47. The van der Waals surface area contributed by atoms with E-state index < -0.39 is 0 Å². The Bertz CT molecular complexity index is 879. The molecule has 4 fully saturated rings. The summed E-state index contributed by atoms with van der Waals surface area (Å²) in [5.74, 6) is 0.880. The van der Waals surface area contributed by atoms with Gasteiger partial charge in [0.15, 0.2) is 0 Å². The van der Waals surface area contributed by atoms with E-state index >= 15 is 0 Å². The lowest BCUT2D eigenvalue weighted by Gasteiger charge is -2.50. The molecule has 0 amide bonds. The summed E-state index contributed by atoms with van der Waals surface area (Å²) in [5.41, 5.74) is 7.43. The maximum Gasteiger partial charge on any atom is 0.0776 e. The van der Waals surface area contributed by atoms with Crippen molar-refractivity contribution >= 4 is 16.6 Å². The molecule has 2 aromatic rings. The molecular weight excluding hydrogens is 308 g/mol. The summed E-state index contributed by atoms with van der Waals surface area (Å²) in [6.07, 6.45) is 7.41. The Labute approximate surface area is 149 Å². The minimum Gasteiger partial charge on any atom is -0.365 e. The van der Waals surface area contributed by atoms with E-state index in [1.165, 1.54) is 67.3 Å².